The number of hydrogen-bond donors (Lipinski definition) is 0. The fourth-order valence-corrected chi connectivity index (χ4v) is 1.81. The predicted molar refractivity (Wildman–Crippen MR) is 59.9 cm³/mol. The second-order valence-electron chi connectivity index (χ2n) is 4.00. The number of carbonyl (C=O) groups is 2. The molecule has 0 bridgehead atoms. The number of hydrogen-bond acceptors (Lipinski definition) is 4. The van der Waals surface area contributed by atoms with E-state index in [1.54, 1.807) is 0 Å². The Morgan fingerprint density at radius 3 is 2.25 bits per heavy atom. The quantitative estimate of drug-likeness (QED) is 0.685. The molecule has 5 heteroatoms. The molecule has 0 aromatic rings. The Morgan fingerprint density at radius 2 is 1.75 bits per heavy atom. The lowest BCUT2D eigenvalue weighted by Crippen LogP contribution is -2.39. The summed E-state index contributed by atoms with van der Waals surface area (Å²) in [6, 6.07) is 0. The fraction of sp³-hybridized carbons (Fsp3) is 0.818. The van der Waals surface area contributed by atoms with E-state index in [-0.39, 0.29) is 11.8 Å². The Labute approximate surface area is 96.3 Å². The number of imide groups is 1. The van der Waals surface area contributed by atoms with Crippen LogP contribution in [0.1, 0.15) is 20.3 Å². The molecule has 5 nitrogen and oxygen atoms in total. The van der Waals surface area contributed by atoms with Gasteiger partial charge in [-0.15, -0.1) is 0 Å². The number of ether oxygens (including phenoxy) is 1. The molecule has 1 aliphatic heterocycles. The van der Waals surface area contributed by atoms with Gasteiger partial charge >= 0.3 is 0 Å². The average Bonchev–Trinajstić information content (AvgIpc) is 2.24. The van der Waals surface area contributed by atoms with Crippen LogP contribution < -0.4 is 0 Å². The highest BCUT2D eigenvalue weighted by atomic mass is 16.5. The Kier molecular flexibility index (Phi) is 5.42. The second kappa shape index (κ2) is 6.60. The minimum absolute atomic E-state index is 0.172. The third kappa shape index (κ3) is 4.28. The van der Waals surface area contributed by atoms with E-state index in [0.29, 0.717) is 6.54 Å². The van der Waals surface area contributed by atoms with Crippen molar-refractivity contribution < 1.29 is 14.3 Å². The standard InChI is InChI=1S/C11H20N2O3/c1-10(14)13(11(2)15)5-3-4-12-6-8-16-9-7-12/h3-9H2,1-2H3. The van der Waals surface area contributed by atoms with Crippen molar-refractivity contribution in [3.8, 4) is 0 Å². The highest BCUT2D eigenvalue weighted by molar-refractivity contribution is 5.92. The second-order valence-corrected chi connectivity index (χ2v) is 4.00. The van der Waals surface area contributed by atoms with E-state index in [1.807, 2.05) is 0 Å². The van der Waals surface area contributed by atoms with E-state index in [0.717, 1.165) is 39.3 Å². The Balaban J connectivity index is 2.22. The summed E-state index contributed by atoms with van der Waals surface area (Å²) in [7, 11) is 0. The predicted octanol–water partition coefficient (Wildman–Crippen LogP) is 0.104. The first kappa shape index (κ1) is 13.1. The maximum absolute atomic E-state index is 11.1. The van der Waals surface area contributed by atoms with Crippen molar-refractivity contribution in [1.29, 1.82) is 0 Å². The normalized spacial score (nSPS) is 17.1. The zero-order chi connectivity index (χ0) is 12.0. The molecular formula is C11H20N2O3. The van der Waals surface area contributed by atoms with Gasteiger partial charge in [-0.2, -0.15) is 0 Å². The van der Waals surface area contributed by atoms with Gasteiger partial charge in [0.2, 0.25) is 11.8 Å². The van der Waals surface area contributed by atoms with Crippen LogP contribution >= 0.6 is 0 Å². The number of carbonyl (C=O) groups excluding carboxylic acids is 2. The number of rotatable bonds is 4. The summed E-state index contributed by atoms with van der Waals surface area (Å²) >= 11 is 0. The van der Waals surface area contributed by atoms with Crippen LogP contribution in [0.2, 0.25) is 0 Å². The van der Waals surface area contributed by atoms with Crippen LogP contribution in [0.15, 0.2) is 0 Å². The summed E-state index contributed by atoms with van der Waals surface area (Å²) in [6.07, 6.45) is 0.832. The molecule has 0 radical (unpaired) electrons. The smallest absolute Gasteiger partial charge is 0.226 e. The third-order valence-electron chi connectivity index (χ3n) is 2.72. The van der Waals surface area contributed by atoms with Crippen LogP contribution in [-0.2, 0) is 14.3 Å². The molecule has 16 heavy (non-hydrogen) atoms. The van der Waals surface area contributed by atoms with Crippen molar-refractivity contribution in [1.82, 2.24) is 9.80 Å². The highest BCUT2D eigenvalue weighted by Crippen LogP contribution is 2.00. The van der Waals surface area contributed by atoms with Gasteiger partial charge in [-0.05, 0) is 6.42 Å². The Bertz CT molecular complexity index is 236. The van der Waals surface area contributed by atoms with Crippen LogP contribution in [0.3, 0.4) is 0 Å². The first-order valence-electron chi connectivity index (χ1n) is 5.70. The average molecular weight is 228 g/mol. The maximum Gasteiger partial charge on any atom is 0.226 e. The Morgan fingerprint density at radius 1 is 1.19 bits per heavy atom. The number of nitrogens with zero attached hydrogens (tertiary/aromatic N) is 2. The molecule has 1 rings (SSSR count). The van der Waals surface area contributed by atoms with E-state index in [1.165, 1.54) is 18.7 Å². The maximum atomic E-state index is 11.1. The summed E-state index contributed by atoms with van der Waals surface area (Å²) in [5, 5.41) is 0. The van der Waals surface area contributed by atoms with Crippen molar-refractivity contribution in [2.45, 2.75) is 20.3 Å². The van der Waals surface area contributed by atoms with Gasteiger partial charge in [-0.1, -0.05) is 0 Å². The van der Waals surface area contributed by atoms with Gasteiger partial charge in [0.1, 0.15) is 0 Å². The summed E-state index contributed by atoms with van der Waals surface area (Å²) in [6.45, 7) is 7.74. The molecule has 1 aliphatic rings. The molecule has 0 spiro atoms. The van der Waals surface area contributed by atoms with Gasteiger partial charge in [-0.3, -0.25) is 19.4 Å². The summed E-state index contributed by atoms with van der Waals surface area (Å²) < 4.78 is 5.24. The van der Waals surface area contributed by atoms with E-state index in [9.17, 15) is 9.59 Å². The molecule has 0 aromatic heterocycles. The number of amides is 2. The molecule has 1 fully saturated rings. The molecule has 0 aromatic carbocycles. The van der Waals surface area contributed by atoms with Gasteiger partial charge in [0.25, 0.3) is 0 Å². The summed E-state index contributed by atoms with van der Waals surface area (Å²) in [5.74, 6) is -0.344. The highest BCUT2D eigenvalue weighted by Gasteiger charge is 2.14. The molecule has 1 saturated heterocycles. The lowest BCUT2D eigenvalue weighted by molar-refractivity contribution is -0.142. The SMILES string of the molecule is CC(=O)N(CCCN1CCOCC1)C(C)=O. The molecular weight excluding hydrogens is 208 g/mol. The van der Waals surface area contributed by atoms with Gasteiger partial charge in [0.15, 0.2) is 0 Å². The minimum atomic E-state index is -0.172. The van der Waals surface area contributed by atoms with Crippen LogP contribution in [0.5, 0.6) is 0 Å². The molecule has 2 amide bonds. The lowest BCUT2D eigenvalue weighted by Gasteiger charge is -2.27. The summed E-state index contributed by atoms with van der Waals surface area (Å²) in [4.78, 5) is 25.9. The molecule has 1 heterocycles. The van der Waals surface area contributed by atoms with Crippen molar-refractivity contribution >= 4 is 11.8 Å². The van der Waals surface area contributed by atoms with E-state index in [2.05, 4.69) is 4.90 Å². The van der Waals surface area contributed by atoms with Crippen molar-refractivity contribution in [2.24, 2.45) is 0 Å². The lowest BCUT2D eigenvalue weighted by atomic mass is 10.3. The summed E-state index contributed by atoms with van der Waals surface area (Å²) in [5.41, 5.74) is 0. The molecule has 92 valence electrons. The molecule has 0 aliphatic carbocycles. The molecule has 0 saturated carbocycles. The van der Waals surface area contributed by atoms with Crippen LogP contribution in [-0.4, -0.2) is 61.0 Å². The van der Waals surface area contributed by atoms with Gasteiger partial charge in [0, 0.05) is 40.0 Å². The molecule has 0 N–H and O–H groups in total. The van der Waals surface area contributed by atoms with Crippen molar-refractivity contribution in [2.75, 3.05) is 39.4 Å². The van der Waals surface area contributed by atoms with Crippen molar-refractivity contribution in [3.05, 3.63) is 0 Å². The Hall–Kier alpha value is -0.940. The molecule has 0 atom stereocenters. The largest absolute Gasteiger partial charge is 0.379 e. The van der Waals surface area contributed by atoms with Gasteiger partial charge < -0.3 is 4.74 Å². The number of morpholine rings is 1. The van der Waals surface area contributed by atoms with E-state index >= 15 is 0 Å². The first-order valence-corrected chi connectivity index (χ1v) is 5.70. The molecule has 0 unspecified atom stereocenters. The topological polar surface area (TPSA) is 49.9 Å². The third-order valence-corrected chi connectivity index (χ3v) is 2.72. The van der Waals surface area contributed by atoms with Crippen molar-refractivity contribution in [3.63, 3.8) is 0 Å². The monoisotopic (exact) mass is 228 g/mol. The van der Waals surface area contributed by atoms with Crippen LogP contribution in [0.4, 0.5) is 0 Å². The zero-order valence-electron chi connectivity index (χ0n) is 10.1. The van der Waals surface area contributed by atoms with E-state index < -0.39 is 0 Å². The minimum Gasteiger partial charge on any atom is -0.379 e. The van der Waals surface area contributed by atoms with Crippen LogP contribution in [0.25, 0.3) is 0 Å². The fourth-order valence-electron chi connectivity index (χ4n) is 1.81. The zero-order valence-corrected chi connectivity index (χ0v) is 10.1. The first-order chi connectivity index (χ1) is 7.61. The van der Waals surface area contributed by atoms with Gasteiger partial charge in [0.05, 0.1) is 13.2 Å². The van der Waals surface area contributed by atoms with Crippen LogP contribution in [0, 0.1) is 0 Å². The van der Waals surface area contributed by atoms with Gasteiger partial charge in [-0.25, -0.2) is 0 Å². The van der Waals surface area contributed by atoms with E-state index in [4.69, 9.17) is 4.74 Å².